The summed E-state index contributed by atoms with van der Waals surface area (Å²) >= 11 is 0. The third-order valence-corrected chi connectivity index (χ3v) is 4.62. The first-order valence-corrected chi connectivity index (χ1v) is 8.61. The van der Waals surface area contributed by atoms with Crippen LogP contribution in [0.3, 0.4) is 0 Å². The molecular weight excluding hydrogens is 364 g/mol. The number of nitrogens with one attached hydrogen (secondary N) is 2. The minimum atomic E-state index is -1.22. The Morgan fingerprint density at radius 1 is 1.18 bits per heavy atom. The van der Waals surface area contributed by atoms with E-state index in [1.54, 1.807) is 37.3 Å². The number of nitro benzene ring substituents is 1. The van der Waals surface area contributed by atoms with Crippen LogP contribution in [0.1, 0.15) is 18.9 Å². The third kappa shape index (κ3) is 3.41. The molecule has 0 saturated carbocycles. The van der Waals surface area contributed by atoms with Crippen LogP contribution in [-0.2, 0) is 15.1 Å². The molecule has 0 spiro atoms. The first kappa shape index (κ1) is 19.0. The highest BCUT2D eigenvalue weighted by atomic mass is 16.6. The number of rotatable bonds is 6. The summed E-state index contributed by atoms with van der Waals surface area (Å²) in [5.74, 6) is -1.15. The maximum absolute atomic E-state index is 13.0. The molecule has 0 unspecified atom stereocenters. The van der Waals surface area contributed by atoms with Crippen LogP contribution < -0.4 is 10.6 Å². The quantitative estimate of drug-likeness (QED) is 0.451. The molecule has 9 nitrogen and oxygen atoms in total. The van der Waals surface area contributed by atoms with Crippen molar-refractivity contribution in [3.05, 3.63) is 70.3 Å². The van der Waals surface area contributed by atoms with Gasteiger partial charge in [0.1, 0.15) is 12.1 Å². The molecule has 1 fully saturated rings. The van der Waals surface area contributed by atoms with Crippen molar-refractivity contribution in [3.63, 3.8) is 0 Å². The van der Waals surface area contributed by atoms with Gasteiger partial charge in [-0.2, -0.15) is 0 Å². The third-order valence-electron chi connectivity index (χ3n) is 4.62. The monoisotopic (exact) mass is 382 g/mol. The van der Waals surface area contributed by atoms with Crippen LogP contribution in [0.25, 0.3) is 0 Å². The zero-order valence-electron chi connectivity index (χ0n) is 15.0. The standard InChI is InChI=1S/C19H18N4O5/c1-2-19(13-7-4-3-5-8-13)17(25)22(18(26)21-19)12-16(24)20-14-9-6-10-15(11-14)23(27)28/h3-11H,2,12H2,1H3,(H,20,24)(H,21,26)/t19-/m0/s1. The predicted molar refractivity (Wildman–Crippen MR) is 100 cm³/mol. The van der Waals surface area contributed by atoms with Crippen molar-refractivity contribution in [1.82, 2.24) is 10.2 Å². The fraction of sp³-hybridized carbons (Fsp3) is 0.211. The van der Waals surface area contributed by atoms with Crippen LogP contribution in [0, 0.1) is 10.1 Å². The Labute approximate surface area is 160 Å². The number of anilines is 1. The number of hydrogen-bond acceptors (Lipinski definition) is 5. The molecule has 0 radical (unpaired) electrons. The summed E-state index contributed by atoms with van der Waals surface area (Å²) in [4.78, 5) is 48.8. The molecular formula is C19H18N4O5. The molecule has 1 saturated heterocycles. The number of urea groups is 1. The summed E-state index contributed by atoms with van der Waals surface area (Å²) in [5.41, 5.74) is -0.556. The summed E-state index contributed by atoms with van der Waals surface area (Å²) in [6.07, 6.45) is 0.324. The Kier molecular flexibility index (Phi) is 5.08. The number of nitro groups is 1. The molecule has 4 amide bonds. The Bertz CT molecular complexity index is 946. The number of imide groups is 1. The maximum Gasteiger partial charge on any atom is 0.325 e. The van der Waals surface area contributed by atoms with Crippen molar-refractivity contribution in [1.29, 1.82) is 0 Å². The van der Waals surface area contributed by atoms with E-state index in [0.29, 0.717) is 12.0 Å². The van der Waals surface area contributed by atoms with Crippen molar-refractivity contribution in [2.75, 3.05) is 11.9 Å². The van der Waals surface area contributed by atoms with E-state index in [1.807, 2.05) is 0 Å². The molecule has 2 aromatic rings. The Hall–Kier alpha value is -3.75. The topological polar surface area (TPSA) is 122 Å². The van der Waals surface area contributed by atoms with E-state index < -0.39 is 34.9 Å². The minimum Gasteiger partial charge on any atom is -0.324 e. The summed E-state index contributed by atoms with van der Waals surface area (Å²) in [5, 5.41) is 16.0. The van der Waals surface area contributed by atoms with E-state index in [2.05, 4.69) is 10.6 Å². The lowest BCUT2D eigenvalue weighted by Gasteiger charge is -2.25. The fourth-order valence-corrected chi connectivity index (χ4v) is 3.17. The average molecular weight is 382 g/mol. The normalized spacial score (nSPS) is 18.7. The zero-order chi connectivity index (χ0) is 20.3. The molecule has 0 aromatic heterocycles. The van der Waals surface area contributed by atoms with E-state index in [1.165, 1.54) is 24.3 Å². The van der Waals surface area contributed by atoms with E-state index in [-0.39, 0.29) is 11.4 Å². The molecule has 1 heterocycles. The van der Waals surface area contributed by atoms with Gasteiger partial charge in [0.25, 0.3) is 11.6 Å². The lowest BCUT2D eigenvalue weighted by Crippen LogP contribution is -2.44. The number of non-ortho nitro benzene ring substituents is 1. The van der Waals surface area contributed by atoms with E-state index in [9.17, 15) is 24.5 Å². The lowest BCUT2D eigenvalue weighted by atomic mass is 9.87. The van der Waals surface area contributed by atoms with Gasteiger partial charge in [0.15, 0.2) is 0 Å². The SMILES string of the molecule is CC[C@@]1(c2ccccc2)NC(=O)N(CC(=O)Nc2cccc([N+](=O)[O-])c2)C1=O. The van der Waals surface area contributed by atoms with Crippen LogP contribution in [0.4, 0.5) is 16.2 Å². The largest absolute Gasteiger partial charge is 0.325 e. The van der Waals surface area contributed by atoms with Gasteiger partial charge in [-0.25, -0.2) is 4.79 Å². The first-order valence-electron chi connectivity index (χ1n) is 8.61. The average Bonchev–Trinajstić information content (AvgIpc) is 2.94. The Morgan fingerprint density at radius 2 is 1.89 bits per heavy atom. The van der Waals surface area contributed by atoms with E-state index in [0.717, 1.165) is 4.90 Å². The molecule has 2 N–H and O–H groups in total. The molecule has 144 valence electrons. The second kappa shape index (κ2) is 7.47. The van der Waals surface area contributed by atoms with Gasteiger partial charge in [-0.15, -0.1) is 0 Å². The smallest absolute Gasteiger partial charge is 0.324 e. The van der Waals surface area contributed by atoms with Gasteiger partial charge >= 0.3 is 6.03 Å². The van der Waals surface area contributed by atoms with Crippen LogP contribution in [0.2, 0.25) is 0 Å². The van der Waals surface area contributed by atoms with Crippen molar-refractivity contribution >= 4 is 29.2 Å². The van der Waals surface area contributed by atoms with E-state index >= 15 is 0 Å². The highest BCUT2D eigenvalue weighted by Crippen LogP contribution is 2.32. The summed E-state index contributed by atoms with van der Waals surface area (Å²) in [6.45, 7) is 1.28. The van der Waals surface area contributed by atoms with Crippen LogP contribution >= 0.6 is 0 Å². The molecule has 9 heteroatoms. The fourth-order valence-electron chi connectivity index (χ4n) is 3.17. The molecule has 1 atom stereocenters. The number of amides is 4. The number of benzene rings is 2. The van der Waals surface area contributed by atoms with Gasteiger partial charge in [-0.1, -0.05) is 43.3 Å². The number of hydrogen-bond donors (Lipinski definition) is 2. The van der Waals surface area contributed by atoms with Gasteiger partial charge in [-0.3, -0.25) is 24.6 Å². The molecule has 1 aliphatic heterocycles. The zero-order valence-corrected chi connectivity index (χ0v) is 15.0. The molecule has 0 bridgehead atoms. The van der Waals surface area contributed by atoms with Gasteiger partial charge < -0.3 is 10.6 Å². The van der Waals surface area contributed by atoms with Gasteiger partial charge in [0, 0.05) is 17.8 Å². The lowest BCUT2D eigenvalue weighted by molar-refractivity contribution is -0.384. The van der Waals surface area contributed by atoms with Crippen molar-refractivity contribution in [2.45, 2.75) is 18.9 Å². The molecule has 0 aliphatic carbocycles. The molecule has 28 heavy (non-hydrogen) atoms. The molecule has 2 aromatic carbocycles. The highest BCUT2D eigenvalue weighted by Gasteiger charge is 2.51. The number of carbonyl (C=O) groups excluding carboxylic acids is 3. The van der Waals surface area contributed by atoms with Gasteiger partial charge in [0.2, 0.25) is 5.91 Å². The Balaban J connectivity index is 1.76. The minimum absolute atomic E-state index is 0.179. The van der Waals surface area contributed by atoms with Crippen LogP contribution in [-0.4, -0.2) is 34.2 Å². The van der Waals surface area contributed by atoms with Crippen molar-refractivity contribution in [2.24, 2.45) is 0 Å². The van der Waals surface area contributed by atoms with Crippen LogP contribution in [0.15, 0.2) is 54.6 Å². The second-order valence-corrected chi connectivity index (χ2v) is 6.30. The first-order chi connectivity index (χ1) is 13.4. The molecule has 1 aliphatic rings. The number of carbonyl (C=O) groups is 3. The van der Waals surface area contributed by atoms with Crippen molar-refractivity contribution in [3.8, 4) is 0 Å². The number of nitrogens with zero attached hydrogens (tertiary/aromatic N) is 2. The second-order valence-electron chi connectivity index (χ2n) is 6.30. The van der Waals surface area contributed by atoms with Gasteiger partial charge in [0.05, 0.1) is 4.92 Å². The Morgan fingerprint density at radius 3 is 2.54 bits per heavy atom. The van der Waals surface area contributed by atoms with Crippen LogP contribution in [0.5, 0.6) is 0 Å². The van der Waals surface area contributed by atoms with E-state index in [4.69, 9.17) is 0 Å². The predicted octanol–water partition coefficient (Wildman–Crippen LogP) is 2.39. The maximum atomic E-state index is 13.0. The molecule has 3 rings (SSSR count). The summed E-state index contributed by atoms with van der Waals surface area (Å²) < 4.78 is 0. The van der Waals surface area contributed by atoms with Gasteiger partial charge in [-0.05, 0) is 18.1 Å². The summed E-state index contributed by atoms with van der Waals surface area (Å²) in [7, 11) is 0. The van der Waals surface area contributed by atoms with Crippen molar-refractivity contribution < 1.29 is 19.3 Å². The highest BCUT2D eigenvalue weighted by molar-refractivity contribution is 6.10. The summed E-state index contributed by atoms with van der Waals surface area (Å²) in [6, 6.07) is 13.6.